The van der Waals surface area contributed by atoms with Gasteiger partial charge in [0, 0.05) is 30.6 Å². The highest BCUT2D eigenvalue weighted by atomic mass is 32.1. The molecule has 6 nitrogen and oxygen atoms in total. The Morgan fingerprint density at radius 1 is 1.09 bits per heavy atom. The van der Waals surface area contributed by atoms with E-state index in [4.69, 9.17) is 17.2 Å². The first-order valence-corrected chi connectivity index (χ1v) is 12.2. The highest BCUT2D eigenvalue weighted by Gasteiger charge is 2.11. The number of hydrogen-bond donors (Lipinski definition) is 2. The second-order valence-corrected chi connectivity index (χ2v) is 9.62. The molecule has 0 bridgehead atoms. The van der Waals surface area contributed by atoms with Crippen molar-refractivity contribution in [1.82, 2.24) is 19.7 Å². The summed E-state index contributed by atoms with van der Waals surface area (Å²) in [7, 11) is 0. The maximum atomic E-state index is 12.6. The first kappa shape index (κ1) is 22.2. The van der Waals surface area contributed by atoms with Crippen molar-refractivity contribution in [3.8, 4) is 11.4 Å². The van der Waals surface area contributed by atoms with Crippen LogP contribution in [0.1, 0.15) is 22.6 Å². The van der Waals surface area contributed by atoms with Crippen LogP contribution in [0.5, 0.6) is 0 Å². The molecule has 1 amide bonds. The molecule has 0 aliphatic carbocycles. The van der Waals surface area contributed by atoms with E-state index in [1.165, 1.54) is 4.70 Å². The minimum Gasteiger partial charge on any atom is -0.326 e. The monoisotopic (exact) mass is 485 g/mol. The van der Waals surface area contributed by atoms with Crippen LogP contribution < -0.4 is 5.32 Å². The molecular weight excluding hydrogens is 462 g/mol. The van der Waals surface area contributed by atoms with Gasteiger partial charge in [0.05, 0.1) is 15.2 Å². The Balaban J connectivity index is 1.20. The summed E-state index contributed by atoms with van der Waals surface area (Å²) < 4.78 is 3.57. The number of amides is 1. The summed E-state index contributed by atoms with van der Waals surface area (Å²) in [5, 5.41) is 11.3. The number of hydrogen-bond acceptors (Lipinski definition) is 5. The van der Waals surface area contributed by atoms with Gasteiger partial charge in [0.15, 0.2) is 10.6 Å². The minimum absolute atomic E-state index is 0.0720. The summed E-state index contributed by atoms with van der Waals surface area (Å²) in [4.78, 5) is 17.3. The Labute approximate surface area is 206 Å². The largest absolute Gasteiger partial charge is 0.326 e. The molecule has 0 aliphatic heterocycles. The van der Waals surface area contributed by atoms with Gasteiger partial charge in [0.1, 0.15) is 0 Å². The number of rotatable bonds is 7. The van der Waals surface area contributed by atoms with Gasteiger partial charge in [0.2, 0.25) is 5.91 Å². The molecule has 0 aliphatic rings. The van der Waals surface area contributed by atoms with Crippen LogP contribution in [0.25, 0.3) is 21.6 Å². The number of fused-ring (bicyclic) bond motifs is 1. The van der Waals surface area contributed by atoms with E-state index in [0.29, 0.717) is 17.7 Å². The van der Waals surface area contributed by atoms with Gasteiger partial charge in [-0.25, -0.2) is 4.98 Å². The second kappa shape index (κ2) is 9.70. The van der Waals surface area contributed by atoms with E-state index in [0.717, 1.165) is 45.1 Å². The molecule has 0 saturated heterocycles. The fourth-order valence-electron chi connectivity index (χ4n) is 3.84. The summed E-state index contributed by atoms with van der Waals surface area (Å²) in [6.45, 7) is 2.48. The lowest BCUT2D eigenvalue weighted by molar-refractivity contribution is -0.116. The lowest BCUT2D eigenvalue weighted by Crippen LogP contribution is -2.15. The maximum Gasteiger partial charge on any atom is 0.226 e. The van der Waals surface area contributed by atoms with Crippen LogP contribution in [0.4, 0.5) is 5.69 Å². The van der Waals surface area contributed by atoms with E-state index >= 15 is 0 Å². The first-order valence-electron chi connectivity index (χ1n) is 11.0. The Bertz CT molecular complexity index is 1480. The third-order valence-corrected chi connectivity index (χ3v) is 6.88. The number of para-hydroxylation sites is 1. The van der Waals surface area contributed by atoms with Crippen molar-refractivity contribution < 1.29 is 4.79 Å². The number of aromatic amines is 1. The molecule has 0 unspecified atom stereocenters. The smallest absolute Gasteiger partial charge is 0.226 e. The van der Waals surface area contributed by atoms with E-state index in [1.807, 2.05) is 72.2 Å². The van der Waals surface area contributed by atoms with Crippen LogP contribution in [-0.2, 0) is 17.8 Å². The van der Waals surface area contributed by atoms with Crippen molar-refractivity contribution >= 4 is 45.4 Å². The lowest BCUT2D eigenvalue weighted by atomic mass is 10.1. The Kier molecular flexibility index (Phi) is 6.33. The van der Waals surface area contributed by atoms with Crippen LogP contribution in [0.3, 0.4) is 0 Å². The fourth-order valence-corrected chi connectivity index (χ4v) is 5.07. The number of thiazole rings is 1. The Morgan fingerprint density at radius 2 is 1.91 bits per heavy atom. The van der Waals surface area contributed by atoms with Crippen LogP contribution in [-0.4, -0.2) is 25.7 Å². The van der Waals surface area contributed by atoms with Gasteiger partial charge in [-0.3, -0.25) is 14.5 Å². The van der Waals surface area contributed by atoms with Crippen molar-refractivity contribution in [2.75, 3.05) is 5.32 Å². The number of carbonyl (C=O) groups is 1. The number of aromatic nitrogens is 4. The fraction of sp³-hybridized carbons (Fsp3) is 0.154. The molecule has 0 saturated carbocycles. The van der Waals surface area contributed by atoms with E-state index < -0.39 is 0 Å². The molecule has 2 N–H and O–H groups in total. The number of carbonyl (C=O) groups excluding carboxylic acids is 1. The third-order valence-electron chi connectivity index (χ3n) is 5.53. The topological polar surface area (TPSA) is 75.6 Å². The van der Waals surface area contributed by atoms with E-state index in [2.05, 4.69) is 27.6 Å². The van der Waals surface area contributed by atoms with Crippen molar-refractivity contribution in [2.45, 2.75) is 26.3 Å². The van der Waals surface area contributed by atoms with Crippen molar-refractivity contribution in [1.29, 1.82) is 0 Å². The van der Waals surface area contributed by atoms with Gasteiger partial charge in [-0.15, -0.1) is 11.3 Å². The first-order chi connectivity index (χ1) is 16.5. The number of aryl methyl sites for hydroxylation is 1. The predicted molar refractivity (Wildman–Crippen MR) is 140 cm³/mol. The quantitative estimate of drug-likeness (QED) is 0.271. The molecule has 0 fully saturated rings. The van der Waals surface area contributed by atoms with Crippen LogP contribution >= 0.6 is 23.6 Å². The number of anilines is 1. The van der Waals surface area contributed by atoms with Crippen LogP contribution in [0, 0.1) is 11.7 Å². The lowest BCUT2D eigenvalue weighted by Gasteiger charge is -2.09. The molecule has 2 aromatic heterocycles. The molecule has 0 spiro atoms. The predicted octanol–water partition coefficient (Wildman–Crippen LogP) is 6.15. The maximum absolute atomic E-state index is 12.6. The van der Waals surface area contributed by atoms with Crippen molar-refractivity contribution in [3.05, 3.63) is 93.7 Å². The molecular formula is C26H23N5OS2. The van der Waals surface area contributed by atoms with Gasteiger partial charge >= 0.3 is 0 Å². The van der Waals surface area contributed by atoms with Crippen LogP contribution in [0.15, 0.2) is 72.8 Å². The molecule has 34 heavy (non-hydrogen) atoms. The summed E-state index contributed by atoms with van der Waals surface area (Å²) >= 11 is 7.10. The number of benzene rings is 3. The highest BCUT2D eigenvalue weighted by molar-refractivity contribution is 7.71. The third kappa shape index (κ3) is 4.98. The number of nitrogens with one attached hydrogen (secondary N) is 2. The van der Waals surface area contributed by atoms with E-state index in [-0.39, 0.29) is 5.91 Å². The van der Waals surface area contributed by atoms with Crippen LogP contribution in [0.2, 0.25) is 0 Å². The van der Waals surface area contributed by atoms with Crippen molar-refractivity contribution in [3.63, 3.8) is 0 Å². The van der Waals surface area contributed by atoms with Gasteiger partial charge < -0.3 is 5.32 Å². The van der Waals surface area contributed by atoms with Gasteiger partial charge in [0.25, 0.3) is 0 Å². The normalized spacial score (nSPS) is 11.1. The zero-order chi connectivity index (χ0) is 23.5. The summed E-state index contributed by atoms with van der Waals surface area (Å²) in [6, 6.07) is 24.2. The van der Waals surface area contributed by atoms with Crippen molar-refractivity contribution in [2.24, 2.45) is 0 Å². The molecule has 0 atom stereocenters. The number of H-pyrrole nitrogens is 1. The average molecular weight is 486 g/mol. The number of nitrogens with zero attached hydrogens (tertiary/aromatic N) is 3. The molecule has 5 rings (SSSR count). The van der Waals surface area contributed by atoms with Gasteiger partial charge in [-0.05, 0) is 55.0 Å². The van der Waals surface area contributed by atoms with Gasteiger partial charge in [-0.1, -0.05) is 48.0 Å². The Hall–Kier alpha value is -3.62. The molecule has 2 heterocycles. The summed E-state index contributed by atoms with van der Waals surface area (Å²) in [6.07, 6.45) is 1.06. The highest BCUT2D eigenvalue weighted by Crippen LogP contribution is 2.24. The molecule has 0 radical (unpaired) electrons. The standard InChI is InChI=1S/C26H23N5OS2/c1-17-5-4-6-19(15-17)25-29-30-26(33)31(25)14-13-23(32)27-20-11-9-18(10-12-20)16-24-28-21-7-2-3-8-22(21)34-24/h2-12,15H,13-14,16H2,1H3,(H,27,32)(H,30,33). The summed E-state index contributed by atoms with van der Waals surface area (Å²) in [5.41, 5.74) is 5.07. The minimum atomic E-state index is -0.0720. The molecule has 8 heteroatoms. The zero-order valence-corrected chi connectivity index (χ0v) is 20.2. The summed E-state index contributed by atoms with van der Waals surface area (Å²) in [5.74, 6) is 0.665. The molecule has 3 aromatic carbocycles. The SMILES string of the molecule is Cc1cccc(-c2n[nH]c(=S)n2CCC(=O)Nc2ccc(Cc3nc4ccccc4s3)cc2)c1. The Morgan fingerprint density at radius 3 is 2.71 bits per heavy atom. The zero-order valence-electron chi connectivity index (χ0n) is 18.6. The average Bonchev–Trinajstić information content (AvgIpc) is 3.41. The van der Waals surface area contributed by atoms with E-state index in [9.17, 15) is 4.79 Å². The molecule has 5 aromatic rings. The second-order valence-electron chi connectivity index (χ2n) is 8.12. The molecule has 170 valence electrons. The van der Waals surface area contributed by atoms with E-state index in [1.54, 1.807) is 11.3 Å². The van der Waals surface area contributed by atoms with Gasteiger partial charge in [-0.2, -0.15) is 5.10 Å².